The van der Waals surface area contributed by atoms with E-state index in [-0.39, 0.29) is 27.8 Å². The average molecular weight is 581 g/mol. The number of hydrogen-bond donors (Lipinski definition) is 1. The van der Waals surface area contributed by atoms with Crippen LogP contribution in [0.1, 0.15) is 51.7 Å². The quantitative estimate of drug-likeness (QED) is 0.332. The monoisotopic (exact) mass is 580 g/mol. The minimum absolute atomic E-state index is 0.134. The van der Waals surface area contributed by atoms with Crippen molar-refractivity contribution in [2.24, 2.45) is 0 Å². The number of esters is 1. The van der Waals surface area contributed by atoms with Gasteiger partial charge in [0.15, 0.2) is 0 Å². The number of alkyl halides is 3. The van der Waals surface area contributed by atoms with E-state index in [4.69, 9.17) is 4.74 Å². The van der Waals surface area contributed by atoms with Crippen molar-refractivity contribution < 1.29 is 35.9 Å². The first-order valence-electron chi connectivity index (χ1n) is 12.3. The Balaban J connectivity index is 1.72. The molecule has 2 aromatic carbocycles. The maximum atomic E-state index is 13.6. The molecule has 208 valence electrons. The minimum atomic E-state index is -4.72. The highest BCUT2D eigenvalue weighted by atomic mass is 32.2. The van der Waals surface area contributed by atoms with Gasteiger partial charge < -0.3 is 10.1 Å². The van der Waals surface area contributed by atoms with Crippen LogP contribution in [0.25, 0.3) is 0 Å². The van der Waals surface area contributed by atoms with E-state index < -0.39 is 40.2 Å². The number of carbonyl (C=O) groups is 2. The number of ether oxygens (including phenoxy) is 1. The highest BCUT2D eigenvalue weighted by molar-refractivity contribution is 7.92. The average Bonchev–Trinajstić information content (AvgIpc) is 3.25. The Labute approximate surface area is 228 Å². The lowest BCUT2D eigenvalue weighted by atomic mass is 9.95. The zero-order valence-electron chi connectivity index (χ0n) is 21.3. The van der Waals surface area contributed by atoms with E-state index in [1.807, 2.05) is 0 Å². The predicted octanol–water partition coefficient (Wildman–Crippen LogP) is 5.96. The number of benzene rings is 2. The van der Waals surface area contributed by atoms with Crippen LogP contribution in [0.15, 0.2) is 53.4 Å². The van der Waals surface area contributed by atoms with Crippen LogP contribution in [0.2, 0.25) is 0 Å². The summed E-state index contributed by atoms with van der Waals surface area (Å²) in [5.74, 6) is -1.40. The summed E-state index contributed by atoms with van der Waals surface area (Å²) in [5.41, 5.74) is 0.459. The van der Waals surface area contributed by atoms with Crippen molar-refractivity contribution in [3.05, 3.63) is 75.7 Å². The van der Waals surface area contributed by atoms with Crippen molar-refractivity contribution in [2.45, 2.75) is 50.6 Å². The number of hydrogen-bond acceptors (Lipinski definition) is 6. The molecule has 39 heavy (non-hydrogen) atoms. The third-order valence-electron chi connectivity index (χ3n) is 6.26. The number of anilines is 2. The number of amides is 1. The molecule has 1 heterocycles. The van der Waals surface area contributed by atoms with E-state index in [0.717, 1.165) is 47.4 Å². The van der Waals surface area contributed by atoms with Gasteiger partial charge in [-0.05, 0) is 75.4 Å². The molecule has 0 radical (unpaired) electrons. The lowest BCUT2D eigenvalue weighted by molar-refractivity contribution is -0.137. The number of carbonyl (C=O) groups excluding carboxylic acids is 2. The molecule has 1 N–H and O–H groups in total. The van der Waals surface area contributed by atoms with Crippen LogP contribution >= 0.6 is 11.3 Å². The fourth-order valence-corrected chi connectivity index (χ4v) is 7.07. The van der Waals surface area contributed by atoms with Gasteiger partial charge in [-0.2, -0.15) is 13.2 Å². The molecule has 1 aliphatic carbocycles. The van der Waals surface area contributed by atoms with E-state index in [9.17, 15) is 31.2 Å². The van der Waals surface area contributed by atoms with Gasteiger partial charge in [0.25, 0.3) is 10.0 Å². The second-order valence-corrected chi connectivity index (χ2v) is 12.0. The number of halogens is 3. The first-order chi connectivity index (χ1) is 18.4. The topological polar surface area (TPSA) is 92.8 Å². The summed E-state index contributed by atoms with van der Waals surface area (Å²) in [6, 6.07) is 9.56. The van der Waals surface area contributed by atoms with Crippen LogP contribution in [-0.4, -0.2) is 33.4 Å². The van der Waals surface area contributed by atoms with Crippen LogP contribution in [-0.2, 0) is 38.6 Å². The maximum Gasteiger partial charge on any atom is 0.416 e. The lowest BCUT2D eigenvalue weighted by Crippen LogP contribution is -2.38. The number of fused-ring (bicyclic) bond motifs is 1. The van der Waals surface area contributed by atoms with Gasteiger partial charge in [0.1, 0.15) is 11.5 Å². The molecule has 1 amide bonds. The Morgan fingerprint density at radius 3 is 2.44 bits per heavy atom. The molecule has 0 spiro atoms. The van der Waals surface area contributed by atoms with Crippen molar-refractivity contribution in [1.82, 2.24) is 0 Å². The van der Waals surface area contributed by atoms with Gasteiger partial charge in [-0.1, -0.05) is 23.8 Å². The Kier molecular flexibility index (Phi) is 8.36. The van der Waals surface area contributed by atoms with Crippen LogP contribution in [0.5, 0.6) is 0 Å². The van der Waals surface area contributed by atoms with Crippen molar-refractivity contribution in [2.75, 3.05) is 22.8 Å². The Bertz CT molecular complexity index is 1480. The van der Waals surface area contributed by atoms with Gasteiger partial charge in [0.2, 0.25) is 5.91 Å². The molecule has 0 saturated heterocycles. The number of nitrogens with one attached hydrogen (secondary N) is 1. The Morgan fingerprint density at radius 1 is 1.08 bits per heavy atom. The van der Waals surface area contributed by atoms with Gasteiger partial charge >= 0.3 is 12.1 Å². The van der Waals surface area contributed by atoms with E-state index in [2.05, 4.69) is 5.32 Å². The summed E-state index contributed by atoms with van der Waals surface area (Å²) in [4.78, 5) is 26.8. The molecular formula is C27H27F3N2O5S2. The number of rotatable bonds is 8. The van der Waals surface area contributed by atoms with Gasteiger partial charge in [-0.15, -0.1) is 11.3 Å². The number of aryl methyl sites for hydroxylation is 2. The molecule has 0 atom stereocenters. The number of sulfonamides is 1. The smallest absolute Gasteiger partial charge is 0.416 e. The van der Waals surface area contributed by atoms with Gasteiger partial charge in [-0.25, -0.2) is 13.2 Å². The zero-order chi connectivity index (χ0) is 28.4. The zero-order valence-corrected chi connectivity index (χ0v) is 22.9. The van der Waals surface area contributed by atoms with E-state index in [0.29, 0.717) is 16.8 Å². The second kappa shape index (κ2) is 11.4. The van der Waals surface area contributed by atoms with Crippen LogP contribution in [0, 0.1) is 6.92 Å². The summed E-state index contributed by atoms with van der Waals surface area (Å²) >= 11 is 1.23. The number of thiophene rings is 1. The molecule has 0 saturated carbocycles. The third-order valence-corrected chi connectivity index (χ3v) is 9.26. The lowest BCUT2D eigenvalue weighted by Gasteiger charge is -2.25. The fourth-order valence-electron chi connectivity index (χ4n) is 4.36. The first kappa shape index (κ1) is 28.6. The summed E-state index contributed by atoms with van der Waals surface area (Å²) in [6.07, 6.45) is -1.53. The molecule has 12 heteroatoms. The molecule has 0 bridgehead atoms. The Hall–Kier alpha value is -3.38. The molecule has 1 aliphatic rings. The minimum Gasteiger partial charge on any atom is -0.462 e. The first-order valence-corrected chi connectivity index (χ1v) is 14.6. The van der Waals surface area contributed by atoms with E-state index >= 15 is 0 Å². The number of nitrogens with zero attached hydrogens (tertiary/aromatic N) is 1. The SMILES string of the molecule is CCOC(=O)c1c(NC(=O)CN(c2cccc(C(F)(F)F)c2)S(=O)(=O)c2ccc(C)cc2)sc2c1CCCC2. The molecule has 0 unspecified atom stereocenters. The van der Waals surface area contributed by atoms with Gasteiger partial charge in [0, 0.05) is 4.88 Å². The molecule has 0 fully saturated rings. The van der Waals surface area contributed by atoms with Crippen LogP contribution < -0.4 is 9.62 Å². The largest absolute Gasteiger partial charge is 0.462 e. The van der Waals surface area contributed by atoms with Crippen molar-refractivity contribution >= 4 is 43.9 Å². The predicted molar refractivity (Wildman–Crippen MR) is 143 cm³/mol. The standard InChI is InChI=1S/C27H27F3N2O5S2/c1-3-37-26(34)24-21-9-4-5-10-22(21)38-25(24)31-23(33)16-32(19-8-6-7-18(15-19)27(28,29)30)39(35,36)20-13-11-17(2)12-14-20/h6-8,11-15H,3-5,9-10,16H2,1-2H3,(H,31,33). The van der Waals surface area contributed by atoms with Crippen molar-refractivity contribution in [1.29, 1.82) is 0 Å². The third kappa shape index (κ3) is 6.27. The van der Waals surface area contributed by atoms with Crippen molar-refractivity contribution in [3.63, 3.8) is 0 Å². The highest BCUT2D eigenvalue weighted by Crippen LogP contribution is 2.39. The van der Waals surface area contributed by atoms with Crippen molar-refractivity contribution in [3.8, 4) is 0 Å². The summed E-state index contributed by atoms with van der Waals surface area (Å²) in [7, 11) is -4.44. The highest BCUT2D eigenvalue weighted by Gasteiger charge is 2.34. The van der Waals surface area contributed by atoms with Gasteiger partial charge in [0.05, 0.1) is 28.3 Å². The van der Waals surface area contributed by atoms with Crippen LogP contribution in [0.4, 0.5) is 23.9 Å². The summed E-state index contributed by atoms with van der Waals surface area (Å²) in [6.45, 7) is 2.74. The summed E-state index contributed by atoms with van der Waals surface area (Å²) < 4.78 is 73.4. The molecule has 4 rings (SSSR count). The van der Waals surface area contributed by atoms with Gasteiger partial charge in [-0.3, -0.25) is 9.10 Å². The second-order valence-electron chi connectivity index (χ2n) is 9.06. The Morgan fingerprint density at radius 2 is 1.77 bits per heavy atom. The summed E-state index contributed by atoms with van der Waals surface area (Å²) in [5, 5.41) is 2.87. The molecular weight excluding hydrogens is 553 g/mol. The fraction of sp³-hybridized carbons (Fsp3) is 0.333. The maximum absolute atomic E-state index is 13.6. The molecule has 3 aromatic rings. The van der Waals surface area contributed by atoms with E-state index in [1.165, 1.54) is 29.5 Å². The van der Waals surface area contributed by atoms with Crippen LogP contribution in [0.3, 0.4) is 0 Å². The molecule has 1 aromatic heterocycles. The normalized spacial score (nSPS) is 13.5. The molecule has 7 nitrogen and oxygen atoms in total. The molecule has 0 aliphatic heterocycles. The van der Waals surface area contributed by atoms with E-state index in [1.54, 1.807) is 26.0 Å².